The number of amides is 1. The molecule has 0 bridgehead atoms. The number of nitrogens with one attached hydrogen (secondary N) is 1. The number of aliphatic hydroxyl groups is 1. The van der Waals surface area contributed by atoms with Gasteiger partial charge in [-0.15, -0.1) is 0 Å². The Kier molecular flexibility index (Phi) is 3.99. The first-order chi connectivity index (χ1) is 7.40. The maximum atomic E-state index is 10.9. The van der Waals surface area contributed by atoms with E-state index in [0.717, 1.165) is 0 Å². The fraction of sp³-hybridized carbons (Fsp3) is 0.375. The number of aromatic nitrogens is 2. The molecule has 1 aromatic heterocycles. The second kappa shape index (κ2) is 5.06. The van der Waals surface area contributed by atoms with Gasteiger partial charge in [0.2, 0.25) is 5.28 Å². The Morgan fingerprint density at radius 1 is 1.62 bits per heavy atom. The van der Waals surface area contributed by atoms with Crippen LogP contribution in [0.4, 0.5) is 5.82 Å². The summed E-state index contributed by atoms with van der Waals surface area (Å²) in [5.41, 5.74) is 10.3. The summed E-state index contributed by atoms with van der Waals surface area (Å²) in [7, 11) is 0. The molecule has 0 saturated heterocycles. The second-order valence-corrected chi connectivity index (χ2v) is 3.53. The van der Waals surface area contributed by atoms with Crippen molar-refractivity contribution in [1.82, 2.24) is 9.97 Å². The number of aliphatic hydroxyl groups excluding tert-OH is 1. The van der Waals surface area contributed by atoms with Crippen molar-refractivity contribution in [2.24, 2.45) is 11.5 Å². The van der Waals surface area contributed by atoms with Gasteiger partial charge in [-0.2, -0.15) is 0 Å². The number of carbonyl (C=O) groups excluding carboxylic acids is 1. The van der Waals surface area contributed by atoms with Gasteiger partial charge in [-0.05, 0) is 18.5 Å². The predicted octanol–water partition coefficient (Wildman–Crippen LogP) is -0.694. The monoisotopic (exact) mass is 245 g/mol. The lowest BCUT2D eigenvalue weighted by atomic mass is 10.3. The summed E-state index contributed by atoms with van der Waals surface area (Å²) < 4.78 is 0. The lowest BCUT2D eigenvalue weighted by molar-refractivity contribution is 0.0995. The van der Waals surface area contributed by atoms with Gasteiger partial charge in [0.15, 0.2) is 0 Å². The minimum atomic E-state index is -1.06. The van der Waals surface area contributed by atoms with Crippen LogP contribution in [0.3, 0.4) is 0 Å². The Bertz CT molecular complexity index is 398. The molecule has 1 rings (SSSR count). The van der Waals surface area contributed by atoms with E-state index in [0.29, 0.717) is 0 Å². The molecule has 0 aliphatic carbocycles. The Labute approximate surface area is 96.8 Å². The third-order valence-electron chi connectivity index (χ3n) is 1.84. The first-order valence-electron chi connectivity index (χ1n) is 4.44. The molecule has 0 fully saturated rings. The molecule has 6 N–H and O–H groups in total. The SMILES string of the molecule is C[C@H](Nc1cc(C(N)=O)nc(Cl)n1)C(N)O. The van der Waals surface area contributed by atoms with Crippen LogP contribution in [0.2, 0.25) is 5.28 Å². The molecule has 0 aliphatic rings. The van der Waals surface area contributed by atoms with E-state index in [1.807, 2.05) is 0 Å². The van der Waals surface area contributed by atoms with Crippen molar-refractivity contribution in [3.63, 3.8) is 0 Å². The summed E-state index contributed by atoms with van der Waals surface area (Å²) in [6.07, 6.45) is -1.06. The van der Waals surface area contributed by atoms with Gasteiger partial charge < -0.3 is 21.9 Å². The Morgan fingerprint density at radius 2 is 2.25 bits per heavy atom. The van der Waals surface area contributed by atoms with Crippen LogP contribution in [0.5, 0.6) is 0 Å². The van der Waals surface area contributed by atoms with Gasteiger partial charge in [-0.1, -0.05) is 0 Å². The first-order valence-corrected chi connectivity index (χ1v) is 4.82. The summed E-state index contributed by atoms with van der Waals surface area (Å²) in [6, 6.07) is 0.874. The quantitative estimate of drug-likeness (QED) is 0.411. The van der Waals surface area contributed by atoms with Crippen LogP contribution in [-0.4, -0.2) is 33.3 Å². The van der Waals surface area contributed by atoms with Gasteiger partial charge in [-0.3, -0.25) is 4.79 Å². The molecule has 88 valence electrons. The number of nitrogens with zero attached hydrogens (tertiary/aromatic N) is 2. The van der Waals surface area contributed by atoms with Crippen molar-refractivity contribution in [3.05, 3.63) is 17.0 Å². The average Bonchev–Trinajstić information content (AvgIpc) is 2.16. The molecule has 2 atom stereocenters. The fourth-order valence-electron chi connectivity index (χ4n) is 0.937. The maximum Gasteiger partial charge on any atom is 0.267 e. The smallest absolute Gasteiger partial charge is 0.267 e. The molecule has 7 nitrogen and oxygen atoms in total. The molecule has 0 aromatic carbocycles. The number of rotatable bonds is 4. The summed E-state index contributed by atoms with van der Waals surface area (Å²) in [5, 5.41) is 11.7. The molecule has 1 amide bonds. The van der Waals surface area contributed by atoms with E-state index in [1.165, 1.54) is 6.07 Å². The van der Waals surface area contributed by atoms with Gasteiger partial charge in [0.05, 0.1) is 6.04 Å². The molecule has 0 spiro atoms. The van der Waals surface area contributed by atoms with Gasteiger partial charge in [0.1, 0.15) is 17.7 Å². The van der Waals surface area contributed by atoms with Crippen LogP contribution in [-0.2, 0) is 0 Å². The standard InChI is InChI=1S/C8H12ClN5O2/c1-3(6(10)15)12-5-2-4(7(11)16)13-8(9)14-5/h2-3,6,15H,10H2,1H3,(H2,11,16)(H,12,13,14)/t3-,6?/m0/s1. The van der Waals surface area contributed by atoms with E-state index in [1.54, 1.807) is 6.92 Å². The molecule has 1 aromatic rings. The van der Waals surface area contributed by atoms with Crippen molar-refractivity contribution in [2.75, 3.05) is 5.32 Å². The third-order valence-corrected chi connectivity index (χ3v) is 2.01. The van der Waals surface area contributed by atoms with Crippen molar-refractivity contribution in [2.45, 2.75) is 19.2 Å². The van der Waals surface area contributed by atoms with Gasteiger partial charge in [0.25, 0.3) is 5.91 Å². The molecule has 0 radical (unpaired) electrons. The number of carbonyl (C=O) groups is 1. The summed E-state index contributed by atoms with van der Waals surface area (Å²) in [5.74, 6) is -0.445. The van der Waals surface area contributed by atoms with E-state index < -0.39 is 18.2 Å². The highest BCUT2D eigenvalue weighted by Gasteiger charge is 2.12. The minimum absolute atomic E-state index is 0.0128. The van der Waals surface area contributed by atoms with Gasteiger partial charge in [-0.25, -0.2) is 9.97 Å². The lowest BCUT2D eigenvalue weighted by Crippen LogP contribution is -2.37. The highest BCUT2D eigenvalue weighted by Crippen LogP contribution is 2.11. The topological polar surface area (TPSA) is 127 Å². The van der Waals surface area contributed by atoms with Crippen LogP contribution < -0.4 is 16.8 Å². The van der Waals surface area contributed by atoms with Crippen molar-refractivity contribution < 1.29 is 9.90 Å². The average molecular weight is 246 g/mol. The third kappa shape index (κ3) is 3.30. The molecular formula is C8H12ClN5O2. The highest BCUT2D eigenvalue weighted by atomic mass is 35.5. The van der Waals surface area contributed by atoms with Crippen LogP contribution in [0, 0.1) is 0 Å². The van der Waals surface area contributed by atoms with E-state index in [-0.39, 0.29) is 16.8 Å². The highest BCUT2D eigenvalue weighted by molar-refractivity contribution is 6.28. The number of hydrogen-bond acceptors (Lipinski definition) is 6. The van der Waals surface area contributed by atoms with Gasteiger partial charge in [0, 0.05) is 6.07 Å². The number of anilines is 1. The Hall–Kier alpha value is -1.44. The zero-order valence-corrected chi connectivity index (χ0v) is 9.27. The predicted molar refractivity (Wildman–Crippen MR) is 58.8 cm³/mol. The Balaban J connectivity index is 2.92. The normalized spacial score (nSPS) is 14.2. The van der Waals surface area contributed by atoms with Crippen LogP contribution in [0.15, 0.2) is 6.07 Å². The summed E-state index contributed by atoms with van der Waals surface area (Å²) in [4.78, 5) is 18.3. The number of nitrogens with two attached hydrogens (primary N) is 2. The number of primary amides is 1. The largest absolute Gasteiger partial charge is 0.377 e. The summed E-state index contributed by atoms with van der Waals surface area (Å²) >= 11 is 5.59. The zero-order valence-electron chi connectivity index (χ0n) is 8.51. The molecule has 0 saturated carbocycles. The van der Waals surface area contributed by atoms with Crippen molar-refractivity contribution >= 4 is 23.3 Å². The molecule has 1 heterocycles. The molecule has 16 heavy (non-hydrogen) atoms. The van der Waals surface area contributed by atoms with Gasteiger partial charge >= 0.3 is 0 Å². The fourth-order valence-corrected chi connectivity index (χ4v) is 1.12. The first kappa shape index (κ1) is 12.6. The van der Waals surface area contributed by atoms with Crippen LogP contribution in [0.25, 0.3) is 0 Å². The Morgan fingerprint density at radius 3 is 2.75 bits per heavy atom. The number of halogens is 1. The molecular weight excluding hydrogens is 234 g/mol. The van der Waals surface area contributed by atoms with Crippen LogP contribution >= 0.6 is 11.6 Å². The molecule has 1 unspecified atom stereocenters. The lowest BCUT2D eigenvalue weighted by Gasteiger charge is -2.17. The second-order valence-electron chi connectivity index (χ2n) is 3.20. The molecule has 0 aliphatic heterocycles. The number of hydrogen-bond donors (Lipinski definition) is 4. The van der Waals surface area contributed by atoms with E-state index in [2.05, 4.69) is 15.3 Å². The minimum Gasteiger partial charge on any atom is -0.377 e. The maximum absolute atomic E-state index is 10.9. The zero-order chi connectivity index (χ0) is 12.3. The van der Waals surface area contributed by atoms with E-state index in [4.69, 9.17) is 28.2 Å². The van der Waals surface area contributed by atoms with E-state index >= 15 is 0 Å². The van der Waals surface area contributed by atoms with Crippen molar-refractivity contribution in [3.8, 4) is 0 Å². The van der Waals surface area contributed by atoms with Crippen LogP contribution in [0.1, 0.15) is 17.4 Å². The summed E-state index contributed by atoms with van der Waals surface area (Å²) in [6.45, 7) is 1.64. The van der Waals surface area contributed by atoms with E-state index in [9.17, 15) is 4.79 Å². The van der Waals surface area contributed by atoms with Crippen molar-refractivity contribution in [1.29, 1.82) is 0 Å². The molecule has 8 heteroatoms.